The summed E-state index contributed by atoms with van der Waals surface area (Å²) in [4.78, 5) is 31.0. The molecule has 0 bridgehead atoms. The quantitative estimate of drug-likeness (QED) is 0.803. The van der Waals surface area contributed by atoms with Crippen LogP contribution in [0.25, 0.3) is 0 Å². The van der Waals surface area contributed by atoms with Crippen molar-refractivity contribution in [3.05, 3.63) is 59.4 Å². The first-order valence-corrected chi connectivity index (χ1v) is 8.60. The van der Waals surface area contributed by atoms with Crippen molar-refractivity contribution in [2.24, 2.45) is 0 Å². The molecule has 0 N–H and O–H groups in total. The Labute approximate surface area is 146 Å². The predicted molar refractivity (Wildman–Crippen MR) is 92.9 cm³/mol. The average molecular weight is 336 g/mol. The van der Waals surface area contributed by atoms with Crippen molar-refractivity contribution in [1.29, 1.82) is 0 Å². The molecule has 1 aromatic carbocycles. The molecule has 2 aliphatic rings. The van der Waals surface area contributed by atoms with Crippen molar-refractivity contribution in [3.63, 3.8) is 0 Å². The molecule has 128 valence electrons. The fourth-order valence-electron chi connectivity index (χ4n) is 3.66. The highest BCUT2D eigenvalue weighted by Crippen LogP contribution is 2.39. The number of piperidine rings is 1. The molecule has 0 radical (unpaired) electrons. The van der Waals surface area contributed by atoms with Gasteiger partial charge in [0.05, 0.1) is 12.0 Å². The maximum absolute atomic E-state index is 12.6. The lowest BCUT2D eigenvalue weighted by Gasteiger charge is -2.43. The third-order valence-electron chi connectivity index (χ3n) is 5.09. The van der Waals surface area contributed by atoms with Gasteiger partial charge in [-0.2, -0.15) is 0 Å². The van der Waals surface area contributed by atoms with Gasteiger partial charge in [0, 0.05) is 32.1 Å². The van der Waals surface area contributed by atoms with E-state index in [1.165, 1.54) is 0 Å². The van der Waals surface area contributed by atoms with Crippen LogP contribution in [0.1, 0.15) is 45.7 Å². The van der Waals surface area contributed by atoms with Crippen molar-refractivity contribution < 1.29 is 14.3 Å². The summed E-state index contributed by atoms with van der Waals surface area (Å²) in [6.07, 6.45) is 3.32. The monoisotopic (exact) mass is 336 g/mol. The zero-order valence-corrected chi connectivity index (χ0v) is 14.2. The Morgan fingerprint density at radius 1 is 1.20 bits per heavy atom. The number of Topliss-reactive ketones (excluding diaryl/α,β-unsaturated/α-hetero) is 1. The Kier molecular flexibility index (Phi) is 3.79. The second-order valence-corrected chi connectivity index (χ2v) is 6.89. The summed E-state index contributed by atoms with van der Waals surface area (Å²) in [7, 11) is 0. The molecule has 1 saturated heterocycles. The number of hydrogen-bond acceptors (Lipinski definition) is 4. The number of ketones is 1. The van der Waals surface area contributed by atoms with Crippen LogP contribution in [-0.2, 0) is 0 Å². The average Bonchev–Trinajstić information content (AvgIpc) is 2.63. The molecule has 1 fully saturated rings. The number of fused-ring (bicyclic) bond motifs is 1. The maximum atomic E-state index is 12.6. The van der Waals surface area contributed by atoms with Crippen LogP contribution < -0.4 is 4.74 Å². The largest absolute Gasteiger partial charge is 0.486 e. The molecule has 25 heavy (non-hydrogen) atoms. The molecule has 2 aliphatic heterocycles. The lowest BCUT2D eigenvalue weighted by atomic mass is 9.82. The zero-order valence-electron chi connectivity index (χ0n) is 14.2. The van der Waals surface area contributed by atoms with Crippen molar-refractivity contribution in [1.82, 2.24) is 9.88 Å². The first-order valence-electron chi connectivity index (χ1n) is 8.60. The second kappa shape index (κ2) is 5.99. The minimum atomic E-state index is -0.486. The molecule has 0 aliphatic carbocycles. The third-order valence-corrected chi connectivity index (χ3v) is 5.09. The van der Waals surface area contributed by atoms with Crippen LogP contribution in [0.3, 0.4) is 0 Å². The minimum absolute atomic E-state index is 0.0615. The maximum Gasteiger partial charge on any atom is 0.272 e. The standard InChI is InChI=1S/C20H20N2O3/c1-14-5-6-18-15(12-14)17(23)13-20(25-18)7-10-22(11-8-20)19(24)16-4-2-3-9-21-16/h2-6,9,12H,7-8,10-11,13H2,1H3. The molecular weight excluding hydrogens is 316 g/mol. The van der Waals surface area contributed by atoms with Crippen molar-refractivity contribution in [2.45, 2.75) is 31.8 Å². The number of benzene rings is 1. The first-order chi connectivity index (χ1) is 12.1. The molecule has 1 aromatic heterocycles. The molecule has 0 atom stereocenters. The lowest BCUT2D eigenvalue weighted by molar-refractivity contribution is -0.00586. The Balaban J connectivity index is 1.49. The van der Waals surface area contributed by atoms with Crippen LogP contribution in [0.5, 0.6) is 5.75 Å². The lowest BCUT2D eigenvalue weighted by Crippen LogP contribution is -2.52. The summed E-state index contributed by atoms with van der Waals surface area (Å²) in [5.74, 6) is 0.745. The van der Waals surface area contributed by atoms with Crippen LogP contribution in [0.2, 0.25) is 0 Å². The molecular formula is C20H20N2O3. The second-order valence-electron chi connectivity index (χ2n) is 6.89. The van der Waals surface area contributed by atoms with E-state index < -0.39 is 5.60 Å². The summed E-state index contributed by atoms with van der Waals surface area (Å²) in [6.45, 7) is 3.12. The van der Waals surface area contributed by atoms with Gasteiger partial charge in [0.15, 0.2) is 5.78 Å². The zero-order chi connectivity index (χ0) is 17.4. The number of aryl methyl sites for hydroxylation is 1. The van der Waals surface area contributed by atoms with Crippen molar-refractivity contribution in [2.75, 3.05) is 13.1 Å². The van der Waals surface area contributed by atoms with Gasteiger partial charge >= 0.3 is 0 Å². The van der Waals surface area contributed by atoms with Gasteiger partial charge in [-0.15, -0.1) is 0 Å². The summed E-state index contributed by atoms with van der Waals surface area (Å²) < 4.78 is 6.25. The number of nitrogens with zero attached hydrogens (tertiary/aromatic N) is 2. The van der Waals surface area contributed by atoms with Crippen LogP contribution in [-0.4, -0.2) is 40.3 Å². The number of pyridine rings is 1. The Bertz CT molecular complexity index is 824. The van der Waals surface area contributed by atoms with Gasteiger partial charge in [0.25, 0.3) is 5.91 Å². The molecule has 4 rings (SSSR count). The van der Waals surface area contributed by atoms with Gasteiger partial charge in [-0.25, -0.2) is 0 Å². The van der Waals surface area contributed by atoms with Crippen LogP contribution in [0, 0.1) is 6.92 Å². The van der Waals surface area contributed by atoms with E-state index in [0.717, 1.165) is 5.56 Å². The van der Waals surface area contributed by atoms with Crippen molar-refractivity contribution >= 4 is 11.7 Å². The van der Waals surface area contributed by atoms with Gasteiger partial charge in [-0.3, -0.25) is 14.6 Å². The number of likely N-dealkylation sites (tertiary alicyclic amines) is 1. The highest BCUT2D eigenvalue weighted by atomic mass is 16.5. The van der Waals surface area contributed by atoms with Gasteiger partial charge in [-0.1, -0.05) is 17.7 Å². The molecule has 0 unspecified atom stereocenters. The highest BCUT2D eigenvalue weighted by molar-refractivity contribution is 6.00. The fourth-order valence-corrected chi connectivity index (χ4v) is 3.66. The van der Waals surface area contributed by atoms with Crippen LogP contribution in [0.15, 0.2) is 42.6 Å². The Morgan fingerprint density at radius 3 is 2.72 bits per heavy atom. The normalized spacial score (nSPS) is 18.6. The van der Waals surface area contributed by atoms with Gasteiger partial charge in [0.1, 0.15) is 17.0 Å². The molecule has 5 nitrogen and oxygen atoms in total. The Hall–Kier alpha value is -2.69. The van der Waals surface area contributed by atoms with Crippen LogP contribution in [0.4, 0.5) is 0 Å². The van der Waals surface area contributed by atoms with Gasteiger partial charge < -0.3 is 9.64 Å². The summed E-state index contributed by atoms with van der Waals surface area (Å²) >= 11 is 0. The van der Waals surface area contributed by atoms with Crippen LogP contribution >= 0.6 is 0 Å². The number of amides is 1. The molecule has 0 saturated carbocycles. The number of hydrogen-bond donors (Lipinski definition) is 0. The smallest absolute Gasteiger partial charge is 0.272 e. The molecule has 1 spiro atoms. The summed E-state index contributed by atoms with van der Waals surface area (Å²) in [5, 5.41) is 0. The van der Waals surface area contributed by atoms with E-state index in [9.17, 15) is 9.59 Å². The number of ether oxygens (including phenoxy) is 1. The fraction of sp³-hybridized carbons (Fsp3) is 0.350. The van der Waals surface area contributed by atoms with Gasteiger partial charge in [-0.05, 0) is 31.2 Å². The van der Waals surface area contributed by atoms with E-state index in [0.29, 0.717) is 49.4 Å². The summed E-state index contributed by atoms with van der Waals surface area (Å²) in [6, 6.07) is 11.1. The number of aromatic nitrogens is 1. The van der Waals surface area contributed by atoms with E-state index in [1.54, 1.807) is 23.2 Å². The SMILES string of the molecule is Cc1ccc2c(c1)C(=O)CC1(CCN(C(=O)c3ccccn3)CC1)O2. The molecule has 5 heteroatoms. The topological polar surface area (TPSA) is 59.5 Å². The first kappa shape index (κ1) is 15.8. The van der Waals surface area contributed by atoms with E-state index in [1.807, 2.05) is 31.2 Å². The number of rotatable bonds is 1. The predicted octanol–water partition coefficient (Wildman–Crippen LogP) is 3.03. The number of carbonyl (C=O) groups excluding carboxylic acids is 2. The molecule has 2 aromatic rings. The van der Waals surface area contributed by atoms with E-state index >= 15 is 0 Å². The Morgan fingerprint density at radius 2 is 2.00 bits per heavy atom. The highest BCUT2D eigenvalue weighted by Gasteiger charge is 2.43. The summed E-state index contributed by atoms with van der Waals surface area (Å²) in [5.41, 5.74) is 1.71. The van der Waals surface area contributed by atoms with Gasteiger partial charge in [0.2, 0.25) is 0 Å². The van der Waals surface area contributed by atoms with E-state index in [4.69, 9.17) is 4.74 Å². The number of carbonyl (C=O) groups is 2. The van der Waals surface area contributed by atoms with E-state index in [-0.39, 0.29) is 11.7 Å². The third kappa shape index (κ3) is 2.90. The van der Waals surface area contributed by atoms with Crippen molar-refractivity contribution in [3.8, 4) is 5.75 Å². The van der Waals surface area contributed by atoms with E-state index in [2.05, 4.69) is 4.98 Å². The molecule has 3 heterocycles. The molecule has 1 amide bonds. The minimum Gasteiger partial charge on any atom is -0.486 e.